The van der Waals surface area contributed by atoms with E-state index in [2.05, 4.69) is 5.10 Å². The Morgan fingerprint density at radius 2 is 1.65 bits per heavy atom. The van der Waals surface area contributed by atoms with Crippen molar-refractivity contribution in [2.24, 2.45) is 0 Å². The molecule has 1 amide bonds. The topological polar surface area (TPSA) is 65.4 Å². The summed E-state index contributed by atoms with van der Waals surface area (Å²) in [5, 5.41) is 5.09. The summed E-state index contributed by atoms with van der Waals surface area (Å²) in [6.07, 6.45) is -4.78. The van der Waals surface area contributed by atoms with Gasteiger partial charge in [0, 0.05) is 6.20 Å². The van der Waals surface area contributed by atoms with Gasteiger partial charge in [-0.25, -0.2) is 0 Å². The SMILES string of the molecule is CCOc1ccc(Cn2cc(NC(=O)C(F)(F)C(F)(F)C(F)(F)F)cn2)cc1OCC. The Morgan fingerprint density at radius 1 is 1.03 bits per heavy atom. The molecule has 0 aliphatic carbocycles. The van der Waals surface area contributed by atoms with Crippen LogP contribution in [0, 0.1) is 0 Å². The van der Waals surface area contributed by atoms with E-state index in [-0.39, 0.29) is 6.54 Å². The molecule has 0 spiro atoms. The van der Waals surface area contributed by atoms with Crippen molar-refractivity contribution < 1.29 is 45.0 Å². The minimum Gasteiger partial charge on any atom is -0.490 e. The van der Waals surface area contributed by atoms with E-state index in [1.54, 1.807) is 32.0 Å². The number of anilines is 1. The van der Waals surface area contributed by atoms with E-state index in [1.807, 2.05) is 0 Å². The molecular weight excluding hydrogens is 439 g/mol. The van der Waals surface area contributed by atoms with Crippen molar-refractivity contribution in [3.05, 3.63) is 36.2 Å². The Labute approximate surface area is 171 Å². The highest BCUT2D eigenvalue weighted by Gasteiger charge is 2.76. The largest absolute Gasteiger partial charge is 0.490 e. The Balaban J connectivity index is 2.14. The maximum Gasteiger partial charge on any atom is 0.460 e. The molecule has 0 aliphatic rings. The zero-order valence-electron chi connectivity index (χ0n) is 16.3. The fraction of sp³-hybridized carbons (Fsp3) is 0.444. The fourth-order valence-corrected chi connectivity index (χ4v) is 2.43. The average Bonchev–Trinajstić information content (AvgIpc) is 3.10. The predicted molar refractivity (Wildman–Crippen MR) is 94.7 cm³/mol. The third kappa shape index (κ3) is 5.20. The van der Waals surface area contributed by atoms with Gasteiger partial charge in [0.15, 0.2) is 11.5 Å². The predicted octanol–water partition coefficient (Wildman–Crippen LogP) is 4.50. The van der Waals surface area contributed by atoms with Gasteiger partial charge < -0.3 is 14.8 Å². The van der Waals surface area contributed by atoms with Crippen molar-refractivity contribution in [1.82, 2.24) is 9.78 Å². The first-order chi connectivity index (χ1) is 14.3. The molecule has 0 unspecified atom stereocenters. The fourth-order valence-electron chi connectivity index (χ4n) is 2.43. The number of halogens is 7. The van der Waals surface area contributed by atoms with Gasteiger partial charge in [0.1, 0.15) is 0 Å². The number of hydrogen-bond donors (Lipinski definition) is 1. The first-order valence-corrected chi connectivity index (χ1v) is 8.88. The molecule has 172 valence electrons. The molecule has 31 heavy (non-hydrogen) atoms. The van der Waals surface area contributed by atoms with Crippen LogP contribution >= 0.6 is 0 Å². The van der Waals surface area contributed by atoms with Gasteiger partial charge in [-0.2, -0.15) is 35.8 Å². The lowest BCUT2D eigenvalue weighted by molar-refractivity contribution is -0.343. The lowest BCUT2D eigenvalue weighted by Crippen LogP contribution is -2.57. The van der Waals surface area contributed by atoms with Crippen molar-refractivity contribution in [3.63, 3.8) is 0 Å². The number of benzene rings is 1. The number of nitrogens with one attached hydrogen (secondary N) is 1. The normalized spacial score (nSPS) is 12.5. The maximum atomic E-state index is 13.4. The summed E-state index contributed by atoms with van der Waals surface area (Å²) in [4.78, 5) is 11.4. The molecule has 0 radical (unpaired) electrons. The summed E-state index contributed by atoms with van der Waals surface area (Å²) < 4.78 is 101. The van der Waals surface area contributed by atoms with Crippen molar-refractivity contribution in [3.8, 4) is 11.5 Å². The van der Waals surface area contributed by atoms with Crippen LogP contribution in [0.2, 0.25) is 0 Å². The zero-order valence-corrected chi connectivity index (χ0v) is 16.3. The van der Waals surface area contributed by atoms with Gasteiger partial charge in [0.2, 0.25) is 0 Å². The van der Waals surface area contributed by atoms with E-state index in [9.17, 15) is 35.5 Å². The zero-order chi connectivity index (χ0) is 23.4. The van der Waals surface area contributed by atoms with Crippen LogP contribution in [-0.2, 0) is 11.3 Å². The van der Waals surface area contributed by atoms with Crippen LogP contribution in [0.25, 0.3) is 0 Å². The highest BCUT2D eigenvalue weighted by molar-refractivity contribution is 5.96. The Morgan fingerprint density at radius 3 is 2.23 bits per heavy atom. The van der Waals surface area contributed by atoms with E-state index in [1.165, 1.54) is 5.32 Å². The van der Waals surface area contributed by atoms with Gasteiger partial charge in [-0.3, -0.25) is 9.48 Å². The van der Waals surface area contributed by atoms with Crippen molar-refractivity contribution in [2.75, 3.05) is 18.5 Å². The number of aromatic nitrogens is 2. The standard InChI is InChI=1S/C18H18F7N3O3/c1-3-30-13-6-5-11(7-14(13)31-4-2)9-28-10-12(8-26-28)27-15(29)16(19,20)17(21,22)18(23,24)25/h5-8,10H,3-4,9H2,1-2H3,(H,27,29). The van der Waals surface area contributed by atoms with Crippen LogP contribution in [0.3, 0.4) is 0 Å². The summed E-state index contributed by atoms with van der Waals surface area (Å²) in [6, 6.07) is 4.92. The number of alkyl halides is 7. The number of carbonyl (C=O) groups excluding carboxylic acids is 1. The summed E-state index contributed by atoms with van der Waals surface area (Å²) >= 11 is 0. The van der Waals surface area contributed by atoms with Crippen LogP contribution in [0.15, 0.2) is 30.6 Å². The van der Waals surface area contributed by atoms with E-state index in [0.29, 0.717) is 30.3 Å². The van der Waals surface area contributed by atoms with Crippen molar-refractivity contribution >= 4 is 11.6 Å². The second kappa shape index (κ2) is 9.02. The molecule has 1 aromatic carbocycles. The van der Waals surface area contributed by atoms with Gasteiger partial charge in [-0.1, -0.05) is 6.07 Å². The molecule has 0 saturated heterocycles. The molecule has 6 nitrogen and oxygen atoms in total. The number of nitrogens with zero attached hydrogens (tertiary/aromatic N) is 2. The summed E-state index contributed by atoms with van der Waals surface area (Å²) in [5.41, 5.74) is 0.139. The lowest BCUT2D eigenvalue weighted by atomic mass is 10.1. The molecule has 0 atom stereocenters. The number of carbonyl (C=O) groups is 1. The quantitative estimate of drug-likeness (QED) is 0.564. The molecule has 2 aromatic rings. The van der Waals surface area contributed by atoms with E-state index in [0.717, 1.165) is 17.1 Å². The number of amides is 1. The van der Waals surface area contributed by atoms with Gasteiger partial charge in [0.05, 0.1) is 31.6 Å². The molecular formula is C18H18F7N3O3. The molecule has 0 saturated carbocycles. The minimum atomic E-state index is -6.61. The first-order valence-electron chi connectivity index (χ1n) is 8.88. The van der Waals surface area contributed by atoms with Gasteiger partial charge in [0.25, 0.3) is 0 Å². The molecule has 1 N–H and O–H groups in total. The number of hydrogen-bond acceptors (Lipinski definition) is 4. The van der Waals surface area contributed by atoms with Crippen LogP contribution in [-0.4, -0.2) is 46.9 Å². The Bertz CT molecular complexity index is 913. The van der Waals surface area contributed by atoms with E-state index in [4.69, 9.17) is 9.47 Å². The second-order valence-electron chi connectivity index (χ2n) is 6.17. The monoisotopic (exact) mass is 457 g/mol. The van der Waals surface area contributed by atoms with Crippen LogP contribution < -0.4 is 14.8 Å². The molecule has 2 rings (SSSR count). The van der Waals surface area contributed by atoms with Crippen molar-refractivity contribution in [2.45, 2.75) is 38.4 Å². The second-order valence-corrected chi connectivity index (χ2v) is 6.17. The summed E-state index contributed by atoms with van der Waals surface area (Å²) in [6.45, 7) is 4.37. The van der Waals surface area contributed by atoms with E-state index < -0.39 is 29.6 Å². The van der Waals surface area contributed by atoms with Crippen LogP contribution in [0.4, 0.5) is 36.4 Å². The van der Waals surface area contributed by atoms with Gasteiger partial charge >= 0.3 is 23.9 Å². The van der Waals surface area contributed by atoms with E-state index >= 15 is 0 Å². The molecule has 1 aromatic heterocycles. The van der Waals surface area contributed by atoms with Crippen molar-refractivity contribution in [1.29, 1.82) is 0 Å². The third-order valence-corrected chi connectivity index (χ3v) is 3.88. The molecule has 1 heterocycles. The summed E-state index contributed by atoms with van der Waals surface area (Å²) in [7, 11) is 0. The molecule has 0 fully saturated rings. The Hall–Kier alpha value is -2.99. The number of rotatable bonds is 9. The highest BCUT2D eigenvalue weighted by atomic mass is 19.4. The van der Waals surface area contributed by atoms with Crippen LogP contribution in [0.1, 0.15) is 19.4 Å². The average molecular weight is 457 g/mol. The molecule has 0 bridgehead atoms. The third-order valence-electron chi connectivity index (χ3n) is 3.88. The smallest absolute Gasteiger partial charge is 0.460 e. The summed E-state index contributed by atoms with van der Waals surface area (Å²) in [5.74, 6) is -14.4. The molecule has 0 aliphatic heterocycles. The highest BCUT2D eigenvalue weighted by Crippen LogP contribution is 2.46. The van der Waals surface area contributed by atoms with Gasteiger partial charge in [-0.15, -0.1) is 0 Å². The number of ether oxygens (including phenoxy) is 2. The minimum absolute atomic E-state index is 0.0530. The lowest BCUT2D eigenvalue weighted by Gasteiger charge is -2.26. The van der Waals surface area contributed by atoms with Gasteiger partial charge in [-0.05, 0) is 31.5 Å². The Kier molecular flexibility index (Phi) is 7.06. The van der Waals surface area contributed by atoms with Crippen LogP contribution in [0.5, 0.6) is 11.5 Å². The molecule has 13 heteroatoms. The first kappa shape index (κ1) is 24.3. The maximum absolute atomic E-state index is 13.4.